The molecular formula is C22H28N4O3. The highest BCUT2D eigenvalue weighted by Crippen LogP contribution is 2.25. The monoisotopic (exact) mass is 396 g/mol. The van der Waals surface area contributed by atoms with Crippen LogP contribution in [0.3, 0.4) is 0 Å². The topological polar surface area (TPSA) is 95.2 Å². The molecule has 0 bridgehead atoms. The van der Waals surface area contributed by atoms with E-state index in [4.69, 9.17) is 0 Å². The number of likely N-dealkylation sites (tertiary alicyclic amines) is 1. The van der Waals surface area contributed by atoms with Crippen LogP contribution in [0.25, 0.3) is 11.4 Å². The van der Waals surface area contributed by atoms with Crippen molar-refractivity contribution < 1.29 is 9.59 Å². The fourth-order valence-corrected chi connectivity index (χ4v) is 3.55. The molecular weight excluding hydrogens is 368 g/mol. The lowest BCUT2D eigenvalue weighted by atomic mass is 9.91. The first-order chi connectivity index (χ1) is 13.6. The van der Waals surface area contributed by atoms with Crippen molar-refractivity contribution in [3.05, 3.63) is 46.4 Å². The Morgan fingerprint density at radius 1 is 1.24 bits per heavy atom. The van der Waals surface area contributed by atoms with E-state index < -0.39 is 5.41 Å². The van der Waals surface area contributed by atoms with Gasteiger partial charge in [0.15, 0.2) is 0 Å². The molecule has 1 fully saturated rings. The number of hydrogen-bond acceptors (Lipinski definition) is 4. The van der Waals surface area contributed by atoms with E-state index in [1.807, 2.05) is 32.9 Å². The Morgan fingerprint density at radius 2 is 2.00 bits per heavy atom. The first-order valence-electron chi connectivity index (χ1n) is 9.92. The highest BCUT2D eigenvalue weighted by molar-refractivity contribution is 5.94. The minimum Gasteiger partial charge on any atom is -0.341 e. The molecule has 1 aliphatic rings. The Bertz CT molecular complexity index is 975. The van der Waals surface area contributed by atoms with Crippen molar-refractivity contribution >= 4 is 17.5 Å². The lowest BCUT2D eigenvalue weighted by Crippen LogP contribution is -2.47. The maximum Gasteiger partial charge on any atom is 0.251 e. The Kier molecular flexibility index (Phi) is 5.86. The van der Waals surface area contributed by atoms with E-state index in [1.54, 1.807) is 24.0 Å². The van der Waals surface area contributed by atoms with Gasteiger partial charge in [-0.05, 0) is 31.9 Å². The van der Waals surface area contributed by atoms with Gasteiger partial charge in [-0.15, -0.1) is 0 Å². The number of piperidine rings is 1. The van der Waals surface area contributed by atoms with Crippen LogP contribution in [0.2, 0.25) is 0 Å². The fourth-order valence-electron chi connectivity index (χ4n) is 3.55. The quantitative estimate of drug-likeness (QED) is 0.834. The number of nitrogens with one attached hydrogen (secondary N) is 2. The Hall–Kier alpha value is -2.96. The Balaban J connectivity index is 1.72. The van der Waals surface area contributed by atoms with Crippen molar-refractivity contribution in [1.29, 1.82) is 0 Å². The lowest BCUT2D eigenvalue weighted by Gasteiger charge is -2.35. The minimum absolute atomic E-state index is 0.0754. The summed E-state index contributed by atoms with van der Waals surface area (Å²) >= 11 is 0. The van der Waals surface area contributed by atoms with Gasteiger partial charge in [0.1, 0.15) is 5.82 Å². The van der Waals surface area contributed by atoms with Crippen LogP contribution in [-0.4, -0.2) is 39.8 Å². The van der Waals surface area contributed by atoms with Crippen LogP contribution >= 0.6 is 0 Å². The molecule has 154 valence electrons. The van der Waals surface area contributed by atoms with Crippen molar-refractivity contribution in [3.63, 3.8) is 0 Å². The van der Waals surface area contributed by atoms with Crippen LogP contribution in [0.1, 0.15) is 39.3 Å². The van der Waals surface area contributed by atoms with Gasteiger partial charge in [-0.2, -0.15) is 0 Å². The zero-order valence-corrected chi connectivity index (χ0v) is 17.4. The molecule has 0 aliphatic carbocycles. The Morgan fingerprint density at radius 3 is 2.69 bits per heavy atom. The number of rotatable bonds is 3. The zero-order valence-electron chi connectivity index (χ0n) is 17.4. The molecule has 1 aromatic heterocycles. The molecule has 7 heteroatoms. The first-order valence-corrected chi connectivity index (χ1v) is 9.92. The van der Waals surface area contributed by atoms with E-state index in [9.17, 15) is 14.4 Å². The van der Waals surface area contributed by atoms with E-state index in [2.05, 4.69) is 15.3 Å². The second-order valence-corrected chi connectivity index (χ2v) is 8.65. The molecule has 1 aromatic carbocycles. The lowest BCUT2D eigenvalue weighted by molar-refractivity contribution is -0.142. The maximum absolute atomic E-state index is 12.8. The molecule has 0 spiro atoms. The third kappa shape index (κ3) is 5.10. The SMILES string of the molecule is Cc1cc(=O)[nH]c(-c2cccc(NC(=O)[C@H]3CCCN(C(=O)C(C)(C)C)C3)c2)n1. The molecule has 0 saturated carbocycles. The summed E-state index contributed by atoms with van der Waals surface area (Å²) in [6.07, 6.45) is 1.57. The molecule has 7 nitrogen and oxygen atoms in total. The molecule has 2 N–H and O–H groups in total. The van der Waals surface area contributed by atoms with Gasteiger partial charge in [-0.1, -0.05) is 32.9 Å². The van der Waals surface area contributed by atoms with Crippen LogP contribution in [0.5, 0.6) is 0 Å². The second-order valence-electron chi connectivity index (χ2n) is 8.65. The van der Waals surface area contributed by atoms with E-state index in [-0.39, 0.29) is 23.3 Å². The molecule has 0 radical (unpaired) electrons. The predicted molar refractivity (Wildman–Crippen MR) is 112 cm³/mol. The van der Waals surface area contributed by atoms with E-state index in [0.29, 0.717) is 30.3 Å². The van der Waals surface area contributed by atoms with Gasteiger partial charge in [-0.25, -0.2) is 4.98 Å². The molecule has 1 atom stereocenters. The van der Waals surface area contributed by atoms with Gasteiger partial charge in [0, 0.05) is 41.5 Å². The van der Waals surface area contributed by atoms with Crippen molar-refractivity contribution in [3.8, 4) is 11.4 Å². The average molecular weight is 396 g/mol. The van der Waals surface area contributed by atoms with Crippen LogP contribution in [-0.2, 0) is 9.59 Å². The molecule has 3 rings (SSSR count). The third-order valence-corrected chi connectivity index (χ3v) is 4.99. The van der Waals surface area contributed by atoms with Crippen molar-refractivity contribution in [2.45, 2.75) is 40.5 Å². The summed E-state index contributed by atoms with van der Waals surface area (Å²) in [5, 5.41) is 2.95. The highest BCUT2D eigenvalue weighted by Gasteiger charge is 2.33. The first kappa shape index (κ1) is 20.8. The number of aromatic amines is 1. The summed E-state index contributed by atoms with van der Waals surface area (Å²) in [7, 11) is 0. The second kappa shape index (κ2) is 8.19. The number of aryl methyl sites for hydroxylation is 1. The number of hydrogen-bond donors (Lipinski definition) is 2. The zero-order chi connectivity index (χ0) is 21.2. The van der Waals surface area contributed by atoms with Gasteiger partial charge >= 0.3 is 0 Å². The molecule has 0 unspecified atom stereocenters. The minimum atomic E-state index is -0.454. The molecule has 1 saturated heterocycles. The normalized spacial score (nSPS) is 17.1. The standard InChI is InChI=1S/C22H28N4O3/c1-14-11-18(27)25-19(23-14)15-7-5-9-17(12-15)24-20(28)16-8-6-10-26(13-16)21(29)22(2,3)4/h5,7,9,11-12,16H,6,8,10,13H2,1-4H3,(H,24,28)(H,23,25,27)/t16-/m0/s1. The van der Waals surface area contributed by atoms with Gasteiger partial charge in [-0.3, -0.25) is 14.4 Å². The number of carbonyl (C=O) groups excluding carboxylic acids is 2. The number of benzene rings is 1. The van der Waals surface area contributed by atoms with E-state index >= 15 is 0 Å². The number of anilines is 1. The van der Waals surface area contributed by atoms with Gasteiger partial charge in [0.2, 0.25) is 11.8 Å². The van der Waals surface area contributed by atoms with Crippen LogP contribution < -0.4 is 10.9 Å². The van der Waals surface area contributed by atoms with Crippen LogP contribution in [0, 0.1) is 18.3 Å². The smallest absolute Gasteiger partial charge is 0.251 e. The Labute approximate surface area is 170 Å². The third-order valence-electron chi connectivity index (χ3n) is 4.99. The summed E-state index contributed by atoms with van der Waals surface area (Å²) < 4.78 is 0. The van der Waals surface area contributed by atoms with Crippen molar-refractivity contribution in [2.75, 3.05) is 18.4 Å². The van der Waals surface area contributed by atoms with Gasteiger partial charge in [0.25, 0.3) is 5.56 Å². The van der Waals surface area contributed by atoms with Gasteiger partial charge in [0.05, 0.1) is 5.92 Å². The maximum atomic E-state index is 12.8. The number of aromatic nitrogens is 2. The highest BCUT2D eigenvalue weighted by atomic mass is 16.2. The number of H-pyrrole nitrogens is 1. The summed E-state index contributed by atoms with van der Waals surface area (Å²) in [6, 6.07) is 8.66. The number of carbonyl (C=O) groups is 2. The van der Waals surface area contributed by atoms with E-state index in [0.717, 1.165) is 18.4 Å². The van der Waals surface area contributed by atoms with Crippen LogP contribution in [0.4, 0.5) is 5.69 Å². The molecule has 29 heavy (non-hydrogen) atoms. The van der Waals surface area contributed by atoms with Gasteiger partial charge < -0.3 is 15.2 Å². The van der Waals surface area contributed by atoms with Crippen molar-refractivity contribution in [2.24, 2.45) is 11.3 Å². The summed E-state index contributed by atoms with van der Waals surface area (Å²) in [5.41, 5.74) is 1.31. The summed E-state index contributed by atoms with van der Waals surface area (Å²) in [6.45, 7) is 8.59. The summed E-state index contributed by atoms with van der Waals surface area (Å²) in [5.74, 6) is 0.201. The van der Waals surface area contributed by atoms with E-state index in [1.165, 1.54) is 6.07 Å². The number of nitrogens with zero attached hydrogens (tertiary/aromatic N) is 2. The summed E-state index contributed by atoms with van der Waals surface area (Å²) in [4.78, 5) is 46.0. The largest absolute Gasteiger partial charge is 0.341 e. The predicted octanol–water partition coefficient (Wildman–Crippen LogP) is 2.97. The molecule has 2 aromatic rings. The fraction of sp³-hybridized carbons (Fsp3) is 0.455. The molecule has 2 heterocycles. The number of amides is 2. The van der Waals surface area contributed by atoms with Crippen molar-refractivity contribution in [1.82, 2.24) is 14.9 Å². The molecule has 2 amide bonds. The average Bonchev–Trinajstić information content (AvgIpc) is 2.66. The van der Waals surface area contributed by atoms with Crippen LogP contribution in [0.15, 0.2) is 35.1 Å². The molecule has 1 aliphatic heterocycles.